The zero-order chi connectivity index (χ0) is 9.10. The molecule has 1 nitrogen and oxygen atoms in total. The molecular weight excluding hydrogens is 158 g/mol. The average molecular weight is 177 g/mol. The monoisotopic (exact) mass is 177 g/mol. The van der Waals surface area contributed by atoms with Gasteiger partial charge < -0.3 is 0 Å². The van der Waals surface area contributed by atoms with Crippen molar-refractivity contribution in [1.82, 2.24) is 4.90 Å². The molecule has 0 aromatic rings. The van der Waals surface area contributed by atoms with Gasteiger partial charge >= 0.3 is 0 Å². The van der Waals surface area contributed by atoms with Crippen molar-refractivity contribution in [3.8, 4) is 0 Å². The van der Waals surface area contributed by atoms with Crippen LogP contribution in [-0.4, -0.2) is 24.0 Å². The highest BCUT2D eigenvalue weighted by Gasteiger charge is 2.20. The summed E-state index contributed by atoms with van der Waals surface area (Å²) in [5.74, 6) is 0.944. The van der Waals surface area contributed by atoms with Gasteiger partial charge in [0.2, 0.25) is 0 Å². The summed E-state index contributed by atoms with van der Waals surface area (Å²) in [6.07, 6.45) is 12.9. The Balaban J connectivity index is 1.87. The van der Waals surface area contributed by atoms with E-state index >= 15 is 0 Å². The van der Waals surface area contributed by atoms with Crippen LogP contribution in [0.4, 0.5) is 0 Å². The number of piperidine rings is 1. The number of nitrogens with zero attached hydrogens (tertiary/aromatic N) is 1. The molecule has 1 aliphatic heterocycles. The number of hydrogen-bond acceptors (Lipinski definition) is 1. The van der Waals surface area contributed by atoms with E-state index in [1.807, 2.05) is 0 Å². The summed E-state index contributed by atoms with van der Waals surface area (Å²) in [7, 11) is 0. The minimum Gasteiger partial charge on any atom is -0.297 e. The van der Waals surface area contributed by atoms with Crippen LogP contribution < -0.4 is 0 Å². The molecule has 0 aromatic carbocycles. The minimum absolute atomic E-state index is 0.692. The lowest BCUT2D eigenvalue weighted by Gasteiger charge is -2.35. The number of rotatable bonds is 1. The number of hydrogen-bond donors (Lipinski definition) is 0. The van der Waals surface area contributed by atoms with Gasteiger partial charge in [0.05, 0.1) is 0 Å². The van der Waals surface area contributed by atoms with Crippen LogP contribution in [0.25, 0.3) is 0 Å². The van der Waals surface area contributed by atoms with E-state index in [1.165, 1.54) is 32.4 Å². The second kappa shape index (κ2) is 4.10. The van der Waals surface area contributed by atoms with E-state index in [2.05, 4.69) is 36.1 Å². The molecule has 1 saturated heterocycles. The Hall–Kier alpha value is -0.560. The van der Waals surface area contributed by atoms with Gasteiger partial charge in [-0.3, -0.25) is 4.90 Å². The van der Waals surface area contributed by atoms with Crippen LogP contribution in [0.15, 0.2) is 24.3 Å². The van der Waals surface area contributed by atoms with Gasteiger partial charge in [0.15, 0.2) is 0 Å². The zero-order valence-electron chi connectivity index (χ0n) is 8.45. The van der Waals surface area contributed by atoms with Crippen LogP contribution in [0.3, 0.4) is 0 Å². The summed E-state index contributed by atoms with van der Waals surface area (Å²) in [6.45, 7) is 4.96. The zero-order valence-corrected chi connectivity index (χ0v) is 8.45. The molecule has 1 unspecified atom stereocenters. The standard InChI is InChI=1S/C12H19N/c1-11-7-9-13(10-8-11)12-5-3-2-4-6-12/h2-5,11-12H,6-10H2,1H3. The van der Waals surface area contributed by atoms with Crippen LogP contribution in [0.5, 0.6) is 0 Å². The van der Waals surface area contributed by atoms with E-state index < -0.39 is 0 Å². The first-order valence-electron chi connectivity index (χ1n) is 5.43. The first kappa shape index (κ1) is 9.01. The largest absolute Gasteiger partial charge is 0.297 e. The van der Waals surface area contributed by atoms with Gasteiger partial charge in [-0.25, -0.2) is 0 Å². The Morgan fingerprint density at radius 2 is 1.92 bits per heavy atom. The van der Waals surface area contributed by atoms with E-state index in [0.29, 0.717) is 6.04 Å². The lowest BCUT2D eigenvalue weighted by molar-refractivity contribution is 0.161. The van der Waals surface area contributed by atoms with Crippen LogP contribution in [0.2, 0.25) is 0 Å². The highest BCUT2D eigenvalue weighted by Crippen LogP contribution is 2.21. The summed E-state index contributed by atoms with van der Waals surface area (Å²) >= 11 is 0. The summed E-state index contributed by atoms with van der Waals surface area (Å²) in [5, 5.41) is 0. The van der Waals surface area contributed by atoms with E-state index in [9.17, 15) is 0 Å². The van der Waals surface area contributed by atoms with Gasteiger partial charge in [-0.05, 0) is 38.3 Å². The van der Waals surface area contributed by atoms with Gasteiger partial charge in [-0.2, -0.15) is 0 Å². The second-order valence-corrected chi connectivity index (χ2v) is 4.33. The SMILES string of the molecule is CC1CCN(C2C=CC=CC2)CC1. The van der Waals surface area contributed by atoms with Crippen LogP contribution in [-0.2, 0) is 0 Å². The molecule has 1 fully saturated rings. The Kier molecular flexibility index (Phi) is 2.84. The van der Waals surface area contributed by atoms with E-state index in [-0.39, 0.29) is 0 Å². The molecular formula is C12H19N. The molecule has 0 radical (unpaired) electrons. The summed E-state index contributed by atoms with van der Waals surface area (Å²) in [5.41, 5.74) is 0. The first-order chi connectivity index (χ1) is 6.36. The quantitative estimate of drug-likeness (QED) is 0.595. The smallest absolute Gasteiger partial charge is 0.0315 e. The average Bonchev–Trinajstić information content (AvgIpc) is 2.20. The maximum atomic E-state index is 2.62. The third-order valence-electron chi connectivity index (χ3n) is 3.25. The normalized spacial score (nSPS) is 31.0. The highest BCUT2D eigenvalue weighted by molar-refractivity contribution is 5.14. The van der Waals surface area contributed by atoms with Crippen molar-refractivity contribution in [3.63, 3.8) is 0 Å². The molecule has 0 saturated carbocycles. The van der Waals surface area contributed by atoms with Gasteiger partial charge in [0, 0.05) is 6.04 Å². The number of likely N-dealkylation sites (tertiary alicyclic amines) is 1. The lowest BCUT2D eigenvalue weighted by Crippen LogP contribution is -2.40. The highest BCUT2D eigenvalue weighted by atomic mass is 15.2. The van der Waals surface area contributed by atoms with Crippen molar-refractivity contribution in [2.75, 3.05) is 13.1 Å². The molecule has 1 heteroatoms. The third-order valence-corrected chi connectivity index (χ3v) is 3.25. The van der Waals surface area contributed by atoms with Crippen molar-refractivity contribution in [3.05, 3.63) is 24.3 Å². The molecule has 0 amide bonds. The molecule has 1 atom stereocenters. The maximum Gasteiger partial charge on any atom is 0.0315 e. The Morgan fingerprint density at radius 3 is 2.54 bits per heavy atom. The molecule has 1 heterocycles. The van der Waals surface area contributed by atoms with Gasteiger partial charge in [0.25, 0.3) is 0 Å². The predicted molar refractivity (Wildman–Crippen MR) is 56.7 cm³/mol. The van der Waals surface area contributed by atoms with Crippen molar-refractivity contribution < 1.29 is 0 Å². The molecule has 13 heavy (non-hydrogen) atoms. The summed E-state index contributed by atoms with van der Waals surface area (Å²) < 4.78 is 0. The van der Waals surface area contributed by atoms with Crippen molar-refractivity contribution in [1.29, 1.82) is 0 Å². The van der Waals surface area contributed by atoms with Crippen molar-refractivity contribution in [2.24, 2.45) is 5.92 Å². The molecule has 0 spiro atoms. The topological polar surface area (TPSA) is 3.24 Å². The molecule has 0 N–H and O–H groups in total. The lowest BCUT2D eigenvalue weighted by atomic mass is 9.96. The van der Waals surface area contributed by atoms with E-state index in [1.54, 1.807) is 0 Å². The van der Waals surface area contributed by atoms with Gasteiger partial charge in [-0.15, -0.1) is 0 Å². The van der Waals surface area contributed by atoms with Crippen LogP contribution >= 0.6 is 0 Å². The fourth-order valence-corrected chi connectivity index (χ4v) is 2.20. The molecule has 2 rings (SSSR count). The Labute approximate surface area is 81.1 Å². The second-order valence-electron chi connectivity index (χ2n) is 4.33. The fraction of sp³-hybridized carbons (Fsp3) is 0.667. The molecule has 1 aliphatic carbocycles. The molecule has 2 aliphatic rings. The Morgan fingerprint density at radius 1 is 1.15 bits per heavy atom. The van der Waals surface area contributed by atoms with Crippen molar-refractivity contribution >= 4 is 0 Å². The molecule has 72 valence electrons. The fourth-order valence-electron chi connectivity index (χ4n) is 2.20. The molecule has 0 aromatic heterocycles. The maximum absolute atomic E-state index is 2.62. The molecule has 0 bridgehead atoms. The summed E-state index contributed by atoms with van der Waals surface area (Å²) in [4.78, 5) is 2.62. The van der Waals surface area contributed by atoms with Gasteiger partial charge in [0.1, 0.15) is 0 Å². The Bertz CT molecular complexity index is 209. The van der Waals surface area contributed by atoms with Crippen LogP contribution in [0.1, 0.15) is 26.2 Å². The van der Waals surface area contributed by atoms with E-state index in [4.69, 9.17) is 0 Å². The van der Waals surface area contributed by atoms with E-state index in [0.717, 1.165) is 5.92 Å². The predicted octanol–water partition coefficient (Wildman–Crippen LogP) is 2.60. The third kappa shape index (κ3) is 2.22. The van der Waals surface area contributed by atoms with Crippen molar-refractivity contribution in [2.45, 2.75) is 32.2 Å². The first-order valence-corrected chi connectivity index (χ1v) is 5.43. The van der Waals surface area contributed by atoms with Crippen LogP contribution in [0, 0.1) is 5.92 Å². The van der Waals surface area contributed by atoms with Gasteiger partial charge in [-0.1, -0.05) is 31.2 Å². The minimum atomic E-state index is 0.692. The number of allylic oxidation sites excluding steroid dienone is 2. The summed E-state index contributed by atoms with van der Waals surface area (Å²) in [6, 6.07) is 0.692.